The lowest BCUT2D eigenvalue weighted by Gasteiger charge is -2.44. The summed E-state index contributed by atoms with van der Waals surface area (Å²) in [6.45, 7) is 4.96. The van der Waals surface area contributed by atoms with Gasteiger partial charge in [0.25, 0.3) is 0 Å². The Kier molecular flexibility index (Phi) is 5.79. The standard InChI is InChI=1S/C16H26N2O3/c1-2-9-17(12-16(20)21)11-15(19)18-10-5-7-13-6-3-4-8-14(13)18/h2,13-14H,1,3-12H2,(H,20,21). The molecule has 1 N–H and O–H groups in total. The van der Waals surface area contributed by atoms with Gasteiger partial charge < -0.3 is 10.0 Å². The molecule has 1 saturated carbocycles. The molecule has 2 rings (SSSR count). The second-order valence-electron chi connectivity index (χ2n) is 6.19. The molecule has 0 aromatic rings. The predicted molar refractivity (Wildman–Crippen MR) is 81.0 cm³/mol. The van der Waals surface area contributed by atoms with Crippen LogP contribution in [-0.4, -0.2) is 59.0 Å². The molecule has 21 heavy (non-hydrogen) atoms. The van der Waals surface area contributed by atoms with E-state index in [0.29, 0.717) is 18.5 Å². The summed E-state index contributed by atoms with van der Waals surface area (Å²) in [7, 11) is 0. The Morgan fingerprint density at radius 2 is 1.90 bits per heavy atom. The third kappa shape index (κ3) is 4.30. The number of amides is 1. The van der Waals surface area contributed by atoms with Gasteiger partial charge in [-0.05, 0) is 31.6 Å². The van der Waals surface area contributed by atoms with Crippen molar-refractivity contribution in [2.75, 3.05) is 26.2 Å². The van der Waals surface area contributed by atoms with Gasteiger partial charge in [-0.3, -0.25) is 14.5 Å². The van der Waals surface area contributed by atoms with Crippen LogP contribution in [0.4, 0.5) is 0 Å². The van der Waals surface area contributed by atoms with Crippen LogP contribution < -0.4 is 0 Å². The van der Waals surface area contributed by atoms with Crippen molar-refractivity contribution in [1.29, 1.82) is 0 Å². The number of hydrogen-bond acceptors (Lipinski definition) is 3. The maximum atomic E-state index is 12.6. The molecule has 118 valence electrons. The molecule has 2 aliphatic rings. The van der Waals surface area contributed by atoms with Crippen LogP contribution in [0.25, 0.3) is 0 Å². The number of likely N-dealkylation sites (tertiary alicyclic amines) is 1. The van der Waals surface area contributed by atoms with E-state index in [9.17, 15) is 9.59 Å². The first-order chi connectivity index (χ1) is 10.1. The first-order valence-corrected chi connectivity index (χ1v) is 7.96. The molecule has 5 nitrogen and oxygen atoms in total. The van der Waals surface area contributed by atoms with Crippen molar-refractivity contribution in [2.24, 2.45) is 5.92 Å². The summed E-state index contributed by atoms with van der Waals surface area (Å²) in [4.78, 5) is 27.1. The first kappa shape index (κ1) is 16.0. The van der Waals surface area contributed by atoms with Crippen LogP contribution in [0, 0.1) is 5.92 Å². The van der Waals surface area contributed by atoms with E-state index < -0.39 is 5.97 Å². The summed E-state index contributed by atoms with van der Waals surface area (Å²) in [6, 6.07) is 0.385. The molecule has 2 atom stereocenters. The highest BCUT2D eigenvalue weighted by atomic mass is 16.4. The number of piperidine rings is 1. The lowest BCUT2D eigenvalue weighted by Crippen LogP contribution is -2.52. The number of hydrogen-bond donors (Lipinski definition) is 1. The SMILES string of the molecule is C=CCN(CC(=O)O)CC(=O)N1CCCC2CCCCC21. The Morgan fingerprint density at radius 1 is 1.19 bits per heavy atom. The maximum Gasteiger partial charge on any atom is 0.317 e. The van der Waals surface area contributed by atoms with Crippen LogP contribution in [0.1, 0.15) is 38.5 Å². The number of carbonyl (C=O) groups excluding carboxylic acids is 1. The van der Waals surface area contributed by atoms with E-state index in [1.165, 1.54) is 25.7 Å². The molecule has 1 saturated heterocycles. The van der Waals surface area contributed by atoms with Crippen molar-refractivity contribution < 1.29 is 14.7 Å². The third-order valence-electron chi connectivity index (χ3n) is 4.67. The summed E-state index contributed by atoms with van der Waals surface area (Å²) in [5, 5.41) is 8.92. The smallest absolute Gasteiger partial charge is 0.317 e. The third-order valence-corrected chi connectivity index (χ3v) is 4.67. The molecule has 0 radical (unpaired) electrons. The van der Waals surface area contributed by atoms with Gasteiger partial charge in [-0.25, -0.2) is 0 Å². The number of carboxylic acids is 1. The molecule has 2 unspecified atom stereocenters. The molecule has 1 aliphatic heterocycles. The van der Waals surface area contributed by atoms with E-state index in [1.807, 2.05) is 4.90 Å². The Labute approximate surface area is 126 Å². The van der Waals surface area contributed by atoms with E-state index in [4.69, 9.17) is 5.11 Å². The van der Waals surface area contributed by atoms with Crippen molar-refractivity contribution in [3.63, 3.8) is 0 Å². The van der Waals surface area contributed by atoms with Crippen LogP contribution in [0.2, 0.25) is 0 Å². The Hall–Kier alpha value is -1.36. The lowest BCUT2D eigenvalue weighted by atomic mass is 9.78. The first-order valence-electron chi connectivity index (χ1n) is 7.96. The molecule has 1 amide bonds. The van der Waals surface area contributed by atoms with E-state index in [1.54, 1.807) is 11.0 Å². The molecule has 2 fully saturated rings. The van der Waals surface area contributed by atoms with Gasteiger partial charge in [0.2, 0.25) is 5.91 Å². The topological polar surface area (TPSA) is 60.9 Å². The highest BCUT2D eigenvalue weighted by Gasteiger charge is 2.35. The number of fused-ring (bicyclic) bond motifs is 1. The highest BCUT2D eigenvalue weighted by molar-refractivity contribution is 5.79. The zero-order chi connectivity index (χ0) is 15.2. The average molecular weight is 294 g/mol. The fraction of sp³-hybridized carbons (Fsp3) is 0.750. The number of carbonyl (C=O) groups is 2. The van der Waals surface area contributed by atoms with Crippen LogP contribution >= 0.6 is 0 Å². The molecule has 0 aromatic carbocycles. The number of carboxylic acid groups (broad SMARTS) is 1. The zero-order valence-electron chi connectivity index (χ0n) is 12.7. The van der Waals surface area contributed by atoms with Crippen LogP contribution in [-0.2, 0) is 9.59 Å². The summed E-state index contributed by atoms with van der Waals surface area (Å²) in [5.41, 5.74) is 0. The van der Waals surface area contributed by atoms with E-state index in [2.05, 4.69) is 6.58 Å². The zero-order valence-corrected chi connectivity index (χ0v) is 12.7. The lowest BCUT2D eigenvalue weighted by molar-refractivity contribution is -0.141. The van der Waals surface area contributed by atoms with Crippen molar-refractivity contribution in [3.8, 4) is 0 Å². The Balaban J connectivity index is 1.96. The Morgan fingerprint density at radius 3 is 2.62 bits per heavy atom. The molecule has 1 aliphatic carbocycles. The van der Waals surface area contributed by atoms with Gasteiger partial charge in [0.1, 0.15) is 0 Å². The monoisotopic (exact) mass is 294 g/mol. The molecular formula is C16H26N2O3. The number of rotatable bonds is 6. The number of aliphatic carboxylic acids is 1. The summed E-state index contributed by atoms with van der Waals surface area (Å²) >= 11 is 0. The second kappa shape index (κ2) is 7.59. The van der Waals surface area contributed by atoms with Crippen molar-refractivity contribution in [1.82, 2.24) is 9.80 Å². The van der Waals surface area contributed by atoms with E-state index in [-0.39, 0.29) is 19.0 Å². The van der Waals surface area contributed by atoms with Gasteiger partial charge in [0, 0.05) is 19.1 Å². The minimum absolute atomic E-state index is 0.0784. The van der Waals surface area contributed by atoms with Gasteiger partial charge in [0.15, 0.2) is 0 Å². The fourth-order valence-electron chi connectivity index (χ4n) is 3.78. The molecular weight excluding hydrogens is 268 g/mol. The van der Waals surface area contributed by atoms with Crippen molar-refractivity contribution in [3.05, 3.63) is 12.7 Å². The van der Waals surface area contributed by atoms with E-state index in [0.717, 1.165) is 19.4 Å². The van der Waals surface area contributed by atoms with Crippen LogP contribution in [0.3, 0.4) is 0 Å². The summed E-state index contributed by atoms with van der Waals surface area (Å²) in [6.07, 6.45) is 8.79. The van der Waals surface area contributed by atoms with E-state index >= 15 is 0 Å². The highest BCUT2D eigenvalue weighted by Crippen LogP contribution is 2.35. The van der Waals surface area contributed by atoms with Gasteiger partial charge in [-0.1, -0.05) is 18.9 Å². The maximum absolute atomic E-state index is 12.6. The normalized spacial score (nSPS) is 25.5. The van der Waals surface area contributed by atoms with Crippen molar-refractivity contribution >= 4 is 11.9 Å². The Bertz CT molecular complexity index is 395. The molecule has 0 aromatic heterocycles. The molecule has 1 heterocycles. The fourth-order valence-corrected chi connectivity index (χ4v) is 3.78. The average Bonchev–Trinajstić information content (AvgIpc) is 2.46. The minimum Gasteiger partial charge on any atom is -0.480 e. The van der Waals surface area contributed by atoms with Crippen LogP contribution in [0.5, 0.6) is 0 Å². The second-order valence-corrected chi connectivity index (χ2v) is 6.19. The van der Waals surface area contributed by atoms with Crippen LogP contribution in [0.15, 0.2) is 12.7 Å². The van der Waals surface area contributed by atoms with Gasteiger partial charge in [-0.15, -0.1) is 6.58 Å². The summed E-state index contributed by atoms with van der Waals surface area (Å²) < 4.78 is 0. The predicted octanol–water partition coefficient (Wildman–Crippen LogP) is 1.74. The van der Waals surface area contributed by atoms with Gasteiger partial charge in [0.05, 0.1) is 13.1 Å². The molecule has 0 bridgehead atoms. The van der Waals surface area contributed by atoms with Crippen molar-refractivity contribution in [2.45, 2.75) is 44.6 Å². The number of nitrogens with zero attached hydrogens (tertiary/aromatic N) is 2. The molecule has 0 spiro atoms. The van der Waals surface area contributed by atoms with Gasteiger partial charge >= 0.3 is 5.97 Å². The molecule has 5 heteroatoms. The summed E-state index contributed by atoms with van der Waals surface area (Å²) in [5.74, 6) is -0.169. The minimum atomic E-state index is -0.904. The quantitative estimate of drug-likeness (QED) is 0.758. The largest absolute Gasteiger partial charge is 0.480 e. The van der Waals surface area contributed by atoms with Gasteiger partial charge in [-0.2, -0.15) is 0 Å².